The van der Waals surface area contributed by atoms with Crippen LogP contribution in [-0.4, -0.2) is 46.7 Å². The van der Waals surface area contributed by atoms with Gasteiger partial charge in [-0.05, 0) is 60.9 Å². The second kappa shape index (κ2) is 10.6. The average molecular weight is 510 g/mol. The van der Waals surface area contributed by atoms with Gasteiger partial charge < -0.3 is 15.0 Å². The third kappa shape index (κ3) is 6.77. The van der Waals surface area contributed by atoms with Crippen molar-refractivity contribution < 1.29 is 17.9 Å². The fraction of sp³-hybridized carbons (Fsp3) is 0.409. The van der Waals surface area contributed by atoms with Crippen molar-refractivity contribution in [3.63, 3.8) is 0 Å². The van der Waals surface area contributed by atoms with Crippen LogP contribution in [0, 0.1) is 5.92 Å². The number of hydrogen-bond acceptors (Lipinski definition) is 5. The van der Waals surface area contributed by atoms with Crippen molar-refractivity contribution in [3.8, 4) is 0 Å². The van der Waals surface area contributed by atoms with Gasteiger partial charge >= 0.3 is 0 Å². The minimum atomic E-state index is -3.83. The van der Waals surface area contributed by atoms with Crippen molar-refractivity contribution in [2.75, 3.05) is 36.5 Å². The zero-order valence-corrected chi connectivity index (χ0v) is 20.1. The lowest BCUT2D eigenvalue weighted by Gasteiger charge is -2.29. The lowest BCUT2D eigenvalue weighted by molar-refractivity contribution is -0.118. The minimum absolute atomic E-state index is 0.118. The first kappa shape index (κ1) is 23.7. The average Bonchev–Trinajstić information content (AvgIpc) is 2.74. The maximum Gasteiger partial charge on any atom is 0.242 e. The van der Waals surface area contributed by atoms with Crippen LogP contribution in [0.15, 0.2) is 57.9 Å². The van der Waals surface area contributed by atoms with Gasteiger partial charge in [0, 0.05) is 28.9 Å². The molecule has 1 heterocycles. The molecule has 1 atom stereocenters. The molecule has 31 heavy (non-hydrogen) atoms. The molecule has 0 aliphatic carbocycles. The fourth-order valence-electron chi connectivity index (χ4n) is 3.36. The summed E-state index contributed by atoms with van der Waals surface area (Å²) in [5.41, 5.74) is 1.69. The molecule has 0 saturated carbocycles. The third-order valence-electron chi connectivity index (χ3n) is 4.96. The number of morpholine rings is 1. The van der Waals surface area contributed by atoms with Crippen LogP contribution in [0.2, 0.25) is 0 Å². The predicted molar refractivity (Wildman–Crippen MR) is 126 cm³/mol. The minimum Gasteiger partial charge on any atom is -0.378 e. The summed E-state index contributed by atoms with van der Waals surface area (Å²) in [7, 11) is -3.83. The van der Waals surface area contributed by atoms with E-state index in [1.54, 1.807) is 12.1 Å². The first-order valence-electron chi connectivity index (χ1n) is 10.3. The van der Waals surface area contributed by atoms with Crippen LogP contribution < -0.4 is 14.9 Å². The first-order chi connectivity index (χ1) is 14.7. The van der Waals surface area contributed by atoms with Gasteiger partial charge in [0.2, 0.25) is 15.9 Å². The summed E-state index contributed by atoms with van der Waals surface area (Å²) in [6.45, 7) is 6.97. The molecular formula is C22H28BrN3O4S. The molecule has 2 aromatic rings. The number of anilines is 2. The summed E-state index contributed by atoms with van der Waals surface area (Å²) in [6.07, 6.45) is 0.382. The zero-order valence-electron chi connectivity index (χ0n) is 17.7. The predicted octanol–water partition coefficient (Wildman–Crippen LogP) is 3.62. The Hall–Kier alpha value is -1.94. The molecule has 0 unspecified atom stereocenters. The summed E-state index contributed by atoms with van der Waals surface area (Å²) in [5, 5.41) is 2.84. The highest BCUT2D eigenvalue weighted by molar-refractivity contribution is 9.10. The molecule has 0 radical (unpaired) electrons. The Morgan fingerprint density at radius 3 is 2.26 bits per heavy atom. The van der Waals surface area contributed by atoms with Gasteiger partial charge in [0.1, 0.15) is 6.04 Å². The Labute approximate surface area is 192 Å². The summed E-state index contributed by atoms with van der Waals surface area (Å²) >= 11 is 3.30. The molecule has 1 amide bonds. The van der Waals surface area contributed by atoms with Crippen LogP contribution in [0.5, 0.6) is 0 Å². The van der Waals surface area contributed by atoms with Crippen LogP contribution in [0.4, 0.5) is 11.4 Å². The molecular weight excluding hydrogens is 482 g/mol. The van der Waals surface area contributed by atoms with E-state index in [1.165, 1.54) is 12.1 Å². The number of nitrogens with zero attached hydrogens (tertiary/aromatic N) is 1. The largest absolute Gasteiger partial charge is 0.378 e. The summed E-state index contributed by atoms with van der Waals surface area (Å²) in [5.74, 6) is -0.249. The summed E-state index contributed by atoms with van der Waals surface area (Å²) in [4.78, 5) is 15.3. The Kier molecular flexibility index (Phi) is 8.10. The number of sulfonamides is 1. The van der Waals surface area contributed by atoms with Gasteiger partial charge in [-0.1, -0.05) is 29.8 Å². The van der Waals surface area contributed by atoms with E-state index in [1.807, 2.05) is 38.1 Å². The quantitative estimate of drug-likeness (QED) is 0.567. The van der Waals surface area contributed by atoms with Crippen LogP contribution in [0.25, 0.3) is 0 Å². The van der Waals surface area contributed by atoms with Gasteiger partial charge in [-0.3, -0.25) is 4.79 Å². The van der Waals surface area contributed by atoms with Crippen molar-refractivity contribution in [2.45, 2.75) is 31.2 Å². The highest BCUT2D eigenvalue weighted by Crippen LogP contribution is 2.20. The van der Waals surface area contributed by atoms with E-state index in [0.717, 1.165) is 23.2 Å². The van der Waals surface area contributed by atoms with Gasteiger partial charge in [-0.2, -0.15) is 4.72 Å². The van der Waals surface area contributed by atoms with Crippen molar-refractivity contribution in [1.82, 2.24) is 4.72 Å². The summed E-state index contributed by atoms with van der Waals surface area (Å²) < 4.78 is 34.3. The number of carbonyl (C=O) groups is 1. The van der Waals surface area contributed by atoms with Crippen LogP contribution in [-0.2, 0) is 19.6 Å². The van der Waals surface area contributed by atoms with Crippen LogP contribution >= 0.6 is 15.9 Å². The second-order valence-corrected chi connectivity index (χ2v) is 10.5. The molecule has 1 aliphatic heterocycles. The Bertz CT molecular complexity index is 973. The Morgan fingerprint density at radius 1 is 1.06 bits per heavy atom. The lowest BCUT2D eigenvalue weighted by Crippen LogP contribution is -2.44. The molecule has 0 aromatic heterocycles. The van der Waals surface area contributed by atoms with Crippen molar-refractivity contribution in [3.05, 3.63) is 53.0 Å². The Balaban J connectivity index is 1.70. The zero-order chi connectivity index (χ0) is 22.4. The molecule has 7 nitrogen and oxygen atoms in total. The number of hydrogen-bond donors (Lipinski definition) is 2. The molecule has 1 saturated heterocycles. The van der Waals surface area contributed by atoms with Crippen molar-refractivity contribution in [2.24, 2.45) is 5.92 Å². The molecule has 9 heteroatoms. The van der Waals surface area contributed by atoms with E-state index < -0.39 is 16.1 Å². The SMILES string of the molecule is CC(C)C[C@H](NS(=O)(=O)c1ccc(Br)cc1)C(=O)Nc1ccc(N2CCOCC2)cc1. The molecule has 1 fully saturated rings. The number of halogens is 1. The topological polar surface area (TPSA) is 87.7 Å². The van der Waals surface area contributed by atoms with Gasteiger partial charge in [0.05, 0.1) is 18.1 Å². The maximum atomic E-state index is 12.9. The van der Waals surface area contributed by atoms with E-state index in [0.29, 0.717) is 25.3 Å². The number of nitrogens with one attached hydrogen (secondary N) is 2. The van der Waals surface area contributed by atoms with Crippen LogP contribution in [0.3, 0.4) is 0 Å². The molecule has 168 valence electrons. The molecule has 2 N–H and O–H groups in total. The number of ether oxygens (including phenoxy) is 1. The number of benzene rings is 2. The molecule has 2 aromatic carbocycles. The normalized spacial score (nSPS) is 15.7. The van der Waals surface area contributed by atoms with E-state index in [-0.39, 0.29) is 16.7 Å². The third-order valence-corrected chi connectivity index (χ3v) is 6.97. The molecule has 0 bridgehead atoms. The van der Waals surface area contributed by atoms with E-state index >= 15 is 0 Å². The second-order valence-electron chi connectivity index (χ2n) is 7.89. The monoisotopic (exact) mass is 509 g/mol. The van der Waals surface area contributed by atoms with Gasteiger partial charge in [-0.25, -0.2) is 8.42 Å². The number of rotatable bonds is 8. The molecule has 1 aliphatic rings. The molecule has 0 spiro atoms. The highest BCUT2D eigenvalue weighted by Gasteiger charge is 2.26. The van der Waals surface area contributed by atoms with Crippen molar-refractivity contribution >= 4 is 43.2 Å². The van der Waals surface area contributed by atoms with Gasteiger partial charge in [-0.15, -0.1) is 0 Å². The number of carbonyl (C=O) groups excluding carboxylic acids is 1. The molecule has 3 rings (SSSR count). The maximum absolute atomic E-state index is 12.9. The van der Waals surface area contributed by atoms with E-state index in [9.17, 15) is 13.2 Å². The fourth-order valence-corrected chi connectivity index (χ4v) is 4.83. The summed E-state index contributed by atoms with van der Waals surface area (Å²) in [6, 6.07) is 13.0. The van der Waals surface area contributed by atoms with Crippen molar-refractivity contribution in [1.29, 1.82) is 0 Å². The first-order valence-corrected chi connectivity index (χ1v) is 12.5. The smallest absolute Gasteiger partial charge is 0.242 e. The van der Waals surface area contributed by atoms with Gasteiger partial charge in [0.15, 0.2) is 0 Å². The lowest BCUT2D eigenvalue weighted by atomic mass is 10.0. The Morgan fingerprint density at radius 2 is 1.68 bits per heavy atom. The highest BCUT2D eigenvalue weighted by atomic mass is 79.9. The van der Waals surface area contributed by atoms with Gasteiger partial charge in [0.25, 0.3) is 0 Å². The van der Waals surface area contributed by atoms with E-state index in [2.05, 4.69) is 30.9 Å². The van der Waals surface area contributed by atoms with Crippen LogP contribution in [0.1, 0.15) is 20.3 Å². The number of amides is 1. The standard InChI is InChI=1S/C22H28BrN3O4S/c1-16(2)15-21(25-31(28,29)20-9-3-17(23)4-10-20)22(27)24-18-5-7-19(8-6-18)26-11-13-30-14-12-26/h3-10,16,21,25H,11-15H2,1-2H3,(H,24,27)/t21-/m0/s1. The van der Waals surface area contributed by atoms with E-state index in [4.69, 9.17) is 4.74 Å².